The molecule has 32 heavy (non-hydrogen) atoms. The van der Waals surface area contributed by atoms with E-state index in [0.29, 0.717) is 17.4 Å². The Morgan fingerprint density at radius 3 is 2.47 bits per heavy atom. The summed E-state index contributed by atoms with van der Waals surface area (Å²) >= 11 is 0. The molecule has 0 radical (unpaired) electrons. The minimum atomic E-state index is -0.330. The van der Waals surface area contributed by atoms with Gasteiger partial charge >= 0.3 is 0 Å². The number of nitrogens with one attached hydrogen (secondary N) is 1. The Balaban J connectivity index is 1.46. The molecule has 1 aromatic heterocycles. The van der Waals surface area contributed by atoms with Gasteiger partial charge in [0.2, 0.25) is 5.91 Å². The van der Waals surface area contributed by atoms with Crippen LogP contribution < -0.4 is 10.9 Å². The molecular weight excluding hydrogens is 402 g/mol. The van der Waals surface area contributed by atoms with E-state index in [1.54, 1.807) is 24.3 Å². The molecule has 0 spiro atoms. The largest absolute Gasteiger partial charge is 0.350 e. The molecule has 0 aliphatic carbocycles. The topological polar surface area (TPSA) is 80.1 Å². The predicted octanol–water partition coefficient (Wildman–Crippen LogP) is 2.84. The van der Waals surface area contributed by atoms with Gasteiger partial charge in [-0.3, -0.25) is 9.59 Å². The molecule has 4 rings (SSSR count). The Morgan fingerprint density at radius 1 is 0.969 bits per heavy atom. The van der Waals surface area contributed by atoms with Crippen molar-refractivity contribution >= 4 is 16.8 Å². The van der Waals surface area contributed by atoms with Crippen LogP contribution in [-0.2, 0) is 24.4 Å². The Hall–Kier alpha value is -3.84. The quantitative estimate of drug-likeness (QED) is 0.491. The molecule has 0 saturated heterocycles. The highest BCUT2D eigenvalue weighted by Gasteiger charge is 2.11. The monoisotopic (exact) mass is 427 g/mol. The van der Waals surface area contributed by atoms with Crippen molar-refractivity contribution in [3.63, 3.8) is 0 Å². The zero-order chi connectivity index (χ0) is 22.5. The minimum absolute atomic E-state index is 0.182. The number of carbonyl (C=O) groups excluding carboxylic acids is 1. The SMILES string of the molecule is CN(C)Cc1ccc(-c2ccccc2CNC(=O)Cn2nnc3ccccc3c2=O)cc1. The summed E-state index contributed by atoms with van der Waals surface area (Å²) in [7, 11) is 4.09. The lowest BCUT2D eigenvalue weighted by Gasteiger charge is -2.13. The first-order valence-electron chi connectivity index (χ1n) is 10.4. The first-order chi connectivity index (χ1) is 15.5. The summed E-state index contributed by atoms with van der Waals surface area (Å²) < 4.78 is 1.09. The number of benzene rings is 3. The van der Waals surface area contributed by atoms with Crippen LogP contribution in [0.2, 0.25) is 0 Å². The molecule has 0 saturated carbocycles. The first kappa shape index (κ1) is 21.4. The van der Waals surface area contributed by atoms with Crippen LogP contribution in [0.5, 0.6) is 0 Å². The van der Waals surface area contributed by atoms with Gasteiger partial charge in [0.1, 0.15) is 12.1 Å². The van der Waals surface area contributed by atoms with Gasteiger partial charge in [-0.15, -0.1) is 5.10 Å². The maximum absolute atomic E-state index is 12.5. The number of aromatic nitrogens is 3. The fourth-order valence-corrected chi connectivity index (χ4v) is 3.62. The Labute approximate surface area is 186 Å². The van der Waals surface area contributed by atoms with E-state index in [2.05, 4.69) is 44.8 Å². The van der Waals surface area contributed by atoms with Gasteiger partial charge in [0.05, 0.1) is 5.39 Å². The van der Waals surface area contributed by atoms with Gasteiger partial charge in [-0.1, -0.05) is 65.9 Å². The van der Waals surface area contributed by atoms with Crippen molar-refractivity contribution in [2.75, 3.05) is 14.1 Å². The highest BCUT2D eigenvalue weighted by molar-refractivity contribution is 5.78. The molecular formula is C25H25N5O2. The summed E-state index contributed by atoms with van der Waals surface area (Å²) in [6.07, 6.45) is 0. The molecule has 0 bridgehead atoms. The van der Waals surface area contributed by atoms with Crippen molar-refractivity contribution in [3.8, 4) is 11.1 Å². The van der Waals surface area contributed by atoms with Crippen molar-refractivity contribution in [2.45, 2.75) is 19.6 Å². The Morgan fingerprint density at radius 2 is 1.69 bits per heavy atom. The normalized spacial score (nSPS) is 11.1. The van der Waals surface area contributed by atoms with Crippen LogP contribution in [0, 0.1) is 0 Å². The number of amides is 1. The van der Waals surface area contributed by atoms with Crippen LogP contribution in [0.3, 0.4) is 0 Å². The summed E-state index contributed by atoms with van der Waals surface area (Å²) in [5.74, 6) is -0.298. The molecule has 0 aliphatic heterocycles. The van der Waals surface area contributed by atoms with Crippen molar-refractivity contribution in [3.05, 3.63) is 94.3 Å². The van der Waals surface area contributed by atoms with Crippen LogP contribution in [0.15, 0.2) is 77.6 Å². The van der Waals surface area contributed by atoms with E-state index in [-0.39, 0.29) is 18.0 Å². The van der Waals surface area contributed by atoms with Crippen molar-refractivity contribution < 1.29 is 4.79 Å². The van der Waals surface area contributed by atoms with Gasteiger partial charge in [-0.25, -0.2) is 4.68 Å². The van der Waals surface area contributed by atoms with Crippen LogP contribution in [-0.4, -0.2) is 39.9 Å². The number of hydrogen-bond acceptors (Lipinski definition) is 5. The molecule has 4 aromatic rings. The van der Waals surface area contributed by atoms with E-state index in [9.17, 15) is 9.59 Å². The van der Waals surface area contributed by atoms with Crippen LogP contribution >= 0.6 is 0 Å². The summed E-state index contributed by atoms with van der Waals surface area (Å²) in [6, 6.07) is 23.4. The maximum atomic E-state index is 12.5. The third-order valence-corrected chi connectivity index (χ3v) is 5.18. The number of rotatable bonds is 7. The summed E-state index contributed by atoms with van der Waals surface area (Å²) in [6.45, 7) is 1.05. The second kappa shape index (κ2) is 9.53. The Kier molecular flexibility index (Phi) is 6.37. The molecule has 0 fully saturated rings. The van der Waals surface area contributed by atoms with Crippen molar-refractivity contribution in [2.24, 2.45) is 0 Å². The number of hydrogen-bond donors (Lipinski definition) is 1. The Bertz CT molecular complexity index is 1300. The van der Waals surface area contributed by atoms with Gasteiger partial charge in [-0.2, -0.15) is 0 Å². The van der Waals surface area contributed by atoms with Crippen molar-refractivity contribution in [1.29, 1.82) is 0 Å². The summed E-state index contributed by atoms with van der Waals surface area (Å²) in [5.41, 5.74) is 4.58. The maximum Gasteiger partial charge on any atom is 0.278 e. The standard InChI is InChI=1S/C25H25N5O2/c1-29(2)16-18-11-13-19(14-12-18)21-8-4-3-7-20(21)15-26-24(31)17-30-25(32)22-9-5-6-10-23(22)27-28-30/h3-14H,15-17H2,1-2H3,(H,26,31). The predicted molar refractivity (Wildman–Crippen MR) is 125 cm³/mol. The van der Waals surface area contributed by atoms with E-state index >= 15 is 0 Å². The number of carbonyl (C=O) groups is 1. The molecule has 1 amide bonds. The molecule has 7 nitrogen and oxygen atoms in total. The lowest BCUT2D eigenvalue weighted by atomic mass is 9.98. The van der Waals surface area contributed by atoms with Gasteiger partial charge in [-0.05, 0) is 48.5 Å². The van der Waals surface area contributed by atoms with E-state index < -0.39 is 0 Å². The van der Waals surface area contributed by atoms with Crippen LogP contribution in [0.4, 0.5) is 0 Å². The third kappa shape index (κ3) is 4.90. The molecule has 3 aromatic carbocycles. The van der Waals surface area contributed by atoms with Gasteiger partial charge in [0.25, 0.3) is 5.56 Å². The first-order valence-corrected chi connectivity index (χ1v) is 10.4. The zero-order valence-corrected chi connectivity index (χ0v) is 18.2. The molecule has 0 atom stereocenters. The number of fused-ring (bicyclic) bond motifs is 1. The van der Waals surface area contributed by atoms with E-state index in [1.165, 1.54) is 5.56 Å². The number of nitrogens with zero attached hydrogens (tertiary/aromatic N) is 4. The van der Waals surface area contributed by atoms with E-state index in [4.69, 9.17) is 0 Å². The molecule has 7 heteroatoms. The van der Waals surface area contributed by atoms with Crippen LogP contribution in [0.1, 0.15) is 11.1 Å². The second-order valence-corrected chi connectivity index (χ2v) is 7.94. The molecule has 0 aliphatic rings. The molecule has 1 heterocycles. The fraction of sp³-hybridized carbons (Fsp3) is 0.200. The average molecular weight is 428 g/mol. The highest BCUT2D eigenvalue weighted by atomic mass is 16.2. The van der Waals surface area contributed by atoms with Gasteiger partial charge in [0, 0.05) is 13.1 Å². The summed E-state index contributed by atoms with van der Waals surface area (Å²) in [4.78, 5) is 27.2. The lowest BCUT2D eigenvalue weighted by Crippen LogP contribution is -2.34. The molecule has 0 unspecified atom stereocenters. The minimum Gasteiger partial charge on any atom is -0.350 e. The zero-order valence-electron chi connectivity index (χ0n) is 18.2. The molecule has 162 valence electrons. The second-order valence-electron chi connectivity index (χ2n) is 7.94. The van der Waals surface area contributed by atoms with E-state index in [1.807, 2.05) is 38.4 Å². The van der Waals surface area contributed by atoms with Gasteiger partial charge in [0.15, 0.2) is 0 Å². The lowest BCUT2D eigenvalue weighted by molar-refractivity contribution is -0.122. The van der Waals surface area contributed by atoms with Gasteiger partial charge < -0.3 is 10.2 Å². The smallest absolute Gasteiger partial charge is 0.278 e. The highest BCUT2D eigenvalue weighted by Crippen LogP contribution is 2.24. The molecule has 1 N–H and O–H groups in total. The third-order valence-electron chi connectivity index (χ3n) is 5.18. The average Bonchev–Trinajstić information content (AvgIpc) is 2.80. The van der Waals surface area contributed by atoms with E-state index in [0.717, 1.165) is 27.9 Å². The fourth-order valence-electron chi connectivity index (χ4n) is 3.62. The summed E-state index contributed by atoms with van der Waals surface area (Å²) in [5, 5.41) is 11.2. The van der Waals surface area contributed by atoms with Crippen LogP contribution in [0.25, 0.3) is 22.0 Å². The van der Waals surface area contributed by atoms with Crippen molar-refractivity contribution in [1.82, 2.24) is 25.2 Å².